The van der Waals surface area contributed by atoms with Crippen LogP contribution >= 0.6 is 0 Å². The maximum Gasteiger partial charge on any atom is 0.244 e. The molecule has 0 aliphatic rings. The summed E-state index contributed by atoms with van der Waals surface area (Å²) in [6.07, 6.45) is 1.27. The minimum Gasteiger partial charge on any atom is -0.497 e. The normalized spacial score (nSPS) is 12.2. The molecule has 2 rings (SSSR count). The smallest absolute Gasteiger partial charge is 0.244 e. The SMILES string of the molecule is CC[C@@H](C(=O)NCC(C)C)N(Cc1cccc(OC)c1)C(=O)CN(c1cccc(F)c1)S(C)(=O)=O. The van der Waals surface area contributed by atoms with E-state index in [1.54, 1.807) is 31.2 Å². The minimum atomic E-state index is -3.92. The Morgan fingerprint density at radius 3 is 2.37 bits per heavy atom. The molecule has 2 aromatic carbocycles. The van der Waals surface area contributed by atoms with Crippen LogP contribution in [0, 0.1) is 11.7 Å². The topological polar surface area (TPSA) is 96.0 Å². The second-order valence-electron chi connectivity index (χ2n) is 8.69. The van der Waals surface area contributed by atoms with Crippen LogP contribution in [0.25, 0.3) is 0 Å². The molecule has 1 atom stereocenters. The number of nitrogens with zero attached hydrogens (tertiary/aromatic N) is 2. The van der Waals surface area contributed by atoms with Gasteiger partial charge < -0.3 is 15.0 Å². The van der Waals surface area contributed by atoms with Gasteiger partial charge in [0, 0.05) is 13.1 Å². The van der Waals surface area contributed by atoms with E-state index in [4.69, 9.17) is 4.74 Å². The van der Waals surface area contributed by atoms with Gasteiger partial charge >= 0.3 is 0 Å². The number of halogens is 1. The summed E-state index contributed by atoms with van der Waals surface area (Å²) in [6.45, 7) is 5.62. The summed E-state index contributed by atoms with van der Waals surface area (Å²) in [4.78, 5) is 28.0. The first-order valence-corrected chi connectivity index (χ1v) is 13.2. The number of rotatable bonds is 12. The van der Waals surface area contributed by atoms with Gasteiger partial charge in [0.05, 0.1) is 19.1 Å². The molecule has 2 aromatic rings. The number of hydrogen-bond donors (Lipinski definition) is 1. The van der Waals surface area contributed by atoms with Gasteiger partial charge in [-0.15, -0.1) is 0 Å². The lowest BCUT2D eigenvalue weighted by atomic mass is 10.1. The van der Waals surface area contributed by atoms with Crippen LogP contribution in [0.2, 0.25) is 0 Å². The summed E-state index contributed by atoms with van der Waals surface area (Å²) < 4.78 is 45.0. The fourth-order valence-electron chi connectivity index (χ4n) is 3.55. The Bertz CT molecular complexity index is 1120. The van der Waals surface area contributed by atoms with Gasteiger partial charge in [-0.1, -0.05) is 39.0 Å². The maximum atomic E-state index is 13.8. The van der Waals surface area contributed by atoms with Gasteiger partial charge in [0.25, 0.3) is 0 Å². The highest BCUT2D eigenvalue weighted by molar-refractivity contribution is 7.92. The lowest BCUT2D eigenvalue weighted by molar-refractivity contribution is -0.140. The molecule has 2 amide bonds. The summed E-state index contributed by atoms with van der Waals surface area (Å²) in [5.74, 6) is -0.739. The Morgan fingerprint density at radius 1 is 1.11 bits per heavy atom. The Hall–Kier alpha value is -3.14. The third kappa shape index (κ3) is 8.24. The molecular formula is C25H34FN3O5S. The predicted molar refractivity (Wildman–Crippen MR) is 134 cm³/mol. The lowest BCUT2D eigenvalue weighted by Crippen LogP contribution is -2.52. The minimum absolute atomic E-state index is 0.0273. The molecule has 8 nitrogen and oxygen atoms in total. The number of carbonyl (C=O) groups is 2. The van der Waals surface area contributed by atoms with Gasteiger partial charge in [-0.2, -0.15) is 0 Å². The quantitative estimate of drug-likeness (QED) is 0.476. The van der Waals surface area contributed by atoms with Crippen molar-refractivity contribution in [2.75, 3.05) is 30.8 Å². The first kappa shape index (κ1) is 28.1. The Labute approximate surface area is 207 Å². The Balaban J connectivity index is 2.44. The van der Waals surface area contributed by atoms with E-state index in [1.807, 2.05) is 13.8 Å². The Morgan fingerprint density at radius 2 is 1.80 bits per heavy atom. The number of amides is 2. The van der Waals surface area contributed by atoms with Crippen LogP contribution in [0.4, 0.5) is 10.1 Å². The van der Waals surface area contributed by atoms with E-state index in [2.05, 4.69) is 5.32 Å². The molecule has 0 aromatic heterocycles. The molecule has 0 aliphatic heterocycles. The van der Waals surface area contributed by atoms with E-state index in [-0.39, 0.29) is 24.1 Å². The van der Waals surface area contributed by atoms with Crippen LogP contribution in [0.1, 0.15) is 32.8 Å². The van der Waals surface area contributed by atoms with Crippen molar-refractivity contribution in [1.29, 1.82) is 0 Å². The zero-order valence-electron chi connectivity index (χ0n) is 20.8. The second kappa shape index (κ2) is 12.5. The maximum absolute atomic E-state index is 13.8. The van der Waals surface area contributed by atoms with Crippen molar-refractivity contribution in [3.05, 3.63) is 59.9 Å². The average Bonchev–Trinajstić information content (AvgIpc) is 2.80. The van der Waals surface area contributed by atoms with Crippen LogP contribution in [-0.4, -0.2) is 57.6 Å². The van der Waals surface area contributed by atoms with Crippen molar-refractivity contribution in [3.8, 4) is 5.75 Å². The van der Waals surface area contributed by atoms with Crippen molar-refractivity contribution >= 4 is 27.5 Å². The van der Waals surface area contributed by atoms with E-state index < -0.39 is 34.3 Å². The molecule has 0 heterocycles. The number of anilines is 1. The summed E-state index contributed by atoms with van der Waals surface area (Å²) in [5, 5.41) is 2.86. The number of methoxy groups -OCH3 is 1. The first-order chi connectivity index (χ1) is 16.5. The van der Waals surface area contributed by atoms with E-state index in [0.717, 1.165) is 16.6 Å². The fraction of sp³-hybridized carbons (Fsp3) is 0.440. The highest BCUT2D eigenvalue weighted by Gasteiger charge is 2.31. The molecule has 35 heavy (non-hydrogen) atoms. The number of carbonyl (C=O) groups excluding carboxylic acids is 2. The third-order valence-corrected chi connectivity index (χ3v) is 6.47. The number of hydrogen-bond acceptors (Lipinski definition) is 5. The van der Waals surface area contributed by atoms with E-state index in [9.17, 15) is 22.4 Å². The highest BCUT2D eigenvalue weighted by Crippen LogP contribution is 2.21. The zero-order chi connectivity index (χ0) is 26.2. The van der Waals surface area contributed by atoms with Gasteiger partial charge in [-0.3, -0.25) is 13.9 Å². The molecule has 0 aliphatic carbocycles. The number of sulfonamides is 1. The number of nitrogens with one attached hydrogen (secondary N) is 1. The van der Waals surface area contributed by atoms with E-state index in [1.165, 1.54) is 30.2 Å². The van der Waals surface area contributed by atoms with Crippen LogP contribution in [0.15, 0.2) is 48.5 Å². The monoisotopic (exact) mass is 507 g/mol. The van der Waals surface area contributed by atoms with Gasteiger partial charge in [0.15, 0.2) is 0 Å². The van der Waals surface area contributed by atoms with Gasteiger partial charge in [-0.05, 0) is 48.2 Å². The number of ether oxygens (including phenoxy) is 1. The molecule has 0 saturated heterocycles. The summed E-state index contributed by atoms with van der Waals surface area (Å²) in [5.41, 5.74) is 0.740. The molecule has 0 radical (unpaired) electrons. The highest BCUT2D eigenvalue weighted by atomic mass is 32.2. The zero-order valence-corrected chi connectivity index (χ0v) is 21.6. The molecule has 192 valence electrons. The molecular weight excluding hydrogens is 473 g/mol. The summed E-state index contributed by atoms with van der Waals surface area (Å²) in [6, 6.07) is 11.3. The summed E-state index contributed by atoms with van der Waals surface area (Å²) >= 11 is 0. The molecule has 0 saturated carbocycles. The third-order valence-electron chi connectivity index (χ3n) is 5.33. The van der Waals surface area contributed by atoms with E-state index in [0.29, 0.717) is 24.3 Å². The van der Waals surface area contributed by atoms with Crippen LogP contribution in [0.3, 0.4) is 0 Å². The van der Waals surface area contributed by atoms with Gasteiger partial charge in [0.2, 0.25) is 21.8 Å². The molecule has 0 bridgehead atoms. The van der Waals surface area contributed by atoms with Gasteiger partial charge in [0.1, 0.15) is 24.2 Å². The molecule has 0 fully saturated rings. The summed E-state index contributed by atoms with van der Waals surface area (Å²) in [7, 11) is -2.40. The van der Waals surface area contributed by atoms with Crippen molar-refractivity contribution in [2.24, 2.45) is 5.92 Å². The lowest BCUT2D eigenvalue weighted by Gasteiger charge is -2.33. The molecule has 1 N–H and O–H groups in total. The van der Waals surface area contributed by atoms with Crippen molar-refractivity contribution in [1.82, 2.24) is 10.2 Å². The van der Waals surface area contributed by atoms with Gasteiger partial charge in [-0.25, -0.2) is 12.8 Å². The molecule has 10 heteroatoms. The van der Waals surface area contributed by atoms with E-state index >= 15 is 0 Å². The van der Waals surface area contributed by atoms with Crippen LogP contribution in [-0.2, 0) is 26.2 Å². The Kier molecular flexibility index (Phi) is 10.1. The van der Waals surface area contributed by atoms with Crippen LogP contribution in [0.5, 0.6) is 5.75 Å². The van der Waals surface area contributed by atoms with Crippen molar-refractivity contribution in [2.45, 2.75) is 39.8 Å². The van der Waals surface area contributed by atoms with Crippen molar-refractivity contribution in [3.63, 3.8) is 0 Å². The average molecular weight is 508 g/mol. The van der Waals surface area contributed by atoms with Crippen LogP contribution < -0.4 is 14.4 Å². The molecule has 0 spiro atoms. The second-order valence-corrected chi connectivity index (χ2v) is 10.6. The first-order valence-electron chi connectivity index (χ1n) is 11.4. The molecule has 0 unspecified atom stereocenters. The van der Waals surface area contributed by atoms with Crippen molar-refractivity contribution < 1.29 is 27.1 Å². The standard InChI is InChI=1S/C25H34FN3O5S/c1-6-23(25(31)27-15-18(2)3)28(16-19-9-7-12-22(13-19)34-4)24(30)17-29(35(5,32)33)21-11-8-10-20(26)14-21/h7-14,18,23H,6,15-17H2,1-5H3,(H,27,31)/t23-/m0/s1. The predicted octanol–water partition coefficient (Wildman–Crippen LogP) is 3.18. The fourth-order valence-corrected chi connectivity index (χ4v) is 4.40. The largest absolute Gasteiger partial charge is 0.497 e. The number of benzene rings is 2.